The predicted octanol–water partition coefficient (Wildman–Crippen LogP) is 2.83. The van der Waals surface area contributed by atoms with E-state index in [4.69, 9.17) is 4.74 Å². The van der Waals surface area contributed by atoms with Crippen LogP contribution < -0.4 is 5.32 Å². The number of benzene rings is 1. The summed E-state index contributed by atoms with van der Waals surface area (Å²) in [6.45, 7) is 2.39. The van der Waals surface area contributed by atoms with Crippen LogP contribution in [0.2, 0.25) is 0 Å². The summed E-state index contributed by atoms with van der Waals surface area (Å²) in [4.78, 5) is 4.56. The van der Waals surface area contributed by atoms with Crippen molar-refractivity contribution in [1.29, 1.82) is 0 Å². The Hall–Kier alpha value is -1.30. The number of rotatable bonds is 4. The highest BCUT2D eigenvalue weighted by Crippen LogP contribution is 2.23. The lowest BCUT2D eigenvalue weighted by Gasteiger charge is -2.07. The van der Waals surface area contributed by atoms with Gasteiger partial charge in [-0.3, -0.25) is 0 Å². The summed E-state index contributed by atoms with van der Waals surface area (Å²) in [6.07, 6.45) is 1.06. The molecule has 1 unspecified atom stereocenters. The fourth-order valence-corrected chi connectivity index (χ4v) is 2.88. The molecule has 5 heteroatoms. The molecule has 2 aromatic rings. The molecule has 1 atom stereocenters. The summed E-state index contributed by atoms with van der Waals surface area (Å²) >= 11 is 1.59. The number of nitrogens with one attached hydrogen (secondary N) is 1. The summed E-state index contributed by atoms with van der Waals surface area (Å²) in [6, 6.07) is 6.89. The van der Waals surface area contributed by atoms with E-state index < -0.39 is 0 Å². The van der Waals surface area contributed by atoms with Crippen molar-refractivity contribution in [2.75, 3.05) is 13.2 Å². The molecule has 1 N–H and O–H groups in total. The highest BCUT2D eigenvalue weighted by molar-refractivity contribution is 7.13. The first-order valence-corrected chi connectivity index (χ1v) is 7.21. The van der Waals surface area contributed by atoms with Crippen LogP contribution in [-0.2, 0) is 11.3 Å². The number of hydrogen-bond acceptors (Lipinski definition) is 4. The van der Waals surface area contributed by atoms with E-state index in [2.05, 4.69) is 10.3 Å². The minimum absolute atomic E-state index is 0.219. The highest BCUT2D eigenvalue weighted by Gasteiger charge is 2.15. The molecule has 0 radical (unpaired) electrons. The topological polar surface area (TPSA) is 34.2 Å². The van der Waals surface area contributed by atoms with Crippen molar-refractivity contribution in [2.45, 2.75) is 19.0 Å². The number of nitrogens with zero attached hydrogens (tertiary/aromatic N) is 1. The van der Waals surface area contributed by atoms with E-state index in [1.165, 1.54) is 12.1 Å². The van der Waals surface area contributed by atoms with Crippen molar-refractivity contribution in [3.05, 3.63) is 41.2 Å². The Morgan fingerprint density at radius 3 is 2.95 bits per heavy atom. The van der Waals surface area contributed by atoms with Gasteiger partial charge in [0.05, 0.1) is 12.3 Å². The zero-order valence-corrected chi connectivity index (χ0v) is 11.3. The van der Waals surface area contributed by atoms with Crippen molar-refractivity contribution in [2.24, 2.45) is 0 Å². The quantitative estimate of drug-likeness (QED) is 0.934. The summed E-state index contributed by atoms with van der Waals surface area (Å²) in [5, 5.41) is 6.40. The van der Waals surface area contributed by atoms with Gasteiger partial charge in [0.25, 0.3) is 0 Å². The normalized spacial score (nSPS) is 18.9. The van der Waals surface area contributed by atoms with Crippen LogP contribution in [0, 0.1) is 5.82 Å². The van der Waals surface area contributed by atoms with Crippen molar-refractivity contribution < 1.29 is 9.13 Å². The van der Waals surface area contributed by atoms with E-state index in [0.29, 0.717) is 6.04 Å². The molecule has 1 aliphatic heterocycles. The molecule has 19 heavy (non-hydrogen) atoms. The molecular formula is C14H15FN2OS. The zero-order valence-electron chi connectivity index (χ0n) is 10.4. The van der Waals surface area contributed by atoms with Gasteiger partial charge in [0, 0.05) is 30.1 Å². The van der Waals surface area contributed by atoms with Crippen LogP contribution in [-0.4, -0.2) is 24.2 Å². The number of thiazole rings is 1. The highest BCUT2D eigenvalue weighted by atomic mass is 32.1. The van der Waals surface area contributed by atoms with Crippen LogP contribution in [0.4, 0.5) is 4.39 Å². The van der Waals surface area contributed by atoms with Gasteiger partial charge in [-0.05, 0) is 30.7 Å². The smallest absolute Gasteiger partial charge is 0.123 e. The third-order valence-corrected chi connectivity index (χ3v) is 4.08. The van der Waals surface area contributed by atoms with E-state index >= 15 is 0 Å². The maximum atomic E-state index is 12.9. The molecule has 2 heterocycles. The Labute approximate surface area is 115 Å². The van der Waals surface area contributed by atoms with Gasteiger partial charge in [-0.2, -0.15) is 0 Å². The molecule has 0 bridgehead atoms. The van der Waals surface area contributed by atoms with Crippen LogP contribution in [0.15, 0.2) is 29.6 Å². The molecule has 0 amide bonds. The standard InChI is InChI=1S/C14H15FN2OS/c15-11-3-1-10(2-4-11)14-17-13(9-19-14)7-16-12-5-6-18-8-12/h1-4,9,12,16H,5-8H2. The number of aromatic nitrogens is 1. The van der Waals surface area contributed by atoms with Crippen molar-refractivity contribution in [3.63, 3.8) is 0 Å². The van der Waals surface area contributed by atoms with Crippen molar-refractivity contribution in [1.82, 2.24) is 10.3 Å². The zero-order chi connectivity index (χ0) is 13.1. The molecule has 1 fully saturated rings. The Morgan fingerprint density at radius 2 is 2.21 bits per heavy atom. The molecular weight excluding hydrogens is 263 g/mol. The second-order valence-electron chi connectivity index (χ2n) is 4.59. The van der Waals surface area contributed by atoms with Crippen molar-refractivity contribution >= 4 is 11.3 Å². The van der Waals surface area contributed by atoms with Gasteiger partial charge in [0.2, 0.25) is 0 Å². The molecule has 3 rings (SSSR count). The molecule has 1 aromatic carbocycles. The van der Waals surface area contributed by atoms with Crippen LogP contribution >= 0.6 is 11.3 Å². The van der Waals surface area contributed by atoms with E-state index in [-0.39, 0.29) is 5.82 Å². The van der Waals surface area contributed by atoms with Gasteiger partial charge < -0.3 is 10.1 Å². The summed E-state index contributed by atoms with van der Waals surface area (Å²) in [7, 11) is 0. The first-order valence-electron chi connectivity index (χ1n) is 6.33. The molecule has 0 spiro atoms. The molecule has 0 saturated carbocycles. The average molecular weight is 278 g/mol. The fraction of sp³-hybridized carbons (Fsp3) is 0.357. The monoisotopic (exact) mass is 278 g/mol. The van der Waals surface area contributed by atoms with Crippen LogP contribution in [0.25, 0.3) is 10.6 Å². The lowest BCUT2D eigenvalue weighted by atomic mass is 10.2. The maximum absolute atomic E-state index is 12.9. The van der Waals surface area contributed by atoms with Crippen LogP contribution in [0.5, 0.6) is 0 Å². The summed E-state index contributed by atoms with van der Waals surface area (Å²) in [5.74, 6) is -0.219. The van der Waals surface area contributed by atoms with Crippen molar-refractivity contribution in [3.8, 4) is 10.6 Å². The Morgan fingerprint density at radius 1 is 1.37 bits per heavy atom. The van der Waals surface area contributed by atoms with Gasteiger partial charge in [-0.25, -0.2) is 9.37 Å². The van der Waals surface area contributed by atoms with E-state index in [1.807, 2.05) is 5.38 Å². The SMILES string of the molecule is Fc1ccc(-c2nc(CNC3CCOC3)cs2)cc1. The molecule has 1 aliphatic rings. The van der Waals surface area contributed by atoms with E-state index in [9.17, 15) is 4.39 Å². The second-order valence-corrected chi connectivity index (χ2v) is 5.45. The Kier molecular flexibility index (Phi) is 3.87. The van der Waals surface area contributed by atoms with E-state index in [0.717, 1.165) is 42.4 Å². The largest absolute Gasteiger partial charge is 0.380 e. The van der Waals surface area contributed by atoms with Crippen LogP contribution in [0.1, 0.15) is 12.1 Å². The second kappa shape index (κ2) is 5.77. The van der Waals surface area contributed by atoms with Gasteiger partial charge >= 0.3 is 0 Å². The van der Waals surface area contributed by atoms with Gasteiger partial charge in [-0.15, -0.1) is 11.3 Å². The first-order chi connectivity index (χ1) is 9.31. The average Bonchev–Trinajstić information content (AvgIpc) is 3.09. The number of ether oxygens (including phenoxy) is 1. The Balaban J connectivity index is 1.63. The Bertz CT molecular complexity index is 535. The third kappa shape index (κ3) is 3.18. The molecule has 100 valence electrons. The fourth-order valence-electron chi connectivity index (χ4n) is 2.06. The number of halogens is 1. The summed E-state index contributed by atoms with van der Waals surface area (Å²) < 4.78 is 18.2. The molecule has 1 aromatic heterocycles. The number of hydrogen-bond donors (Lipinski definition) is 1. The lowest BCUT2D eigenvalue weighted by molar-refractivity contribution is 0.189. The summed E-state index contributed by atoms with van der Waals surface area (Å²) in [5.41, 5.74) is 1.98. The van der Waals surface area contributed by atoms with Crippen LogP contribution in [0.3, 0.4) is 0 Å². The van der Waals surface area contributed by atoms with E-state index in [1.54, 1.807) is 23.5 Å². The lowest BCUT2D eigenvalue weighted by Crippen LogP contribution is -2.28. The van der Waals surface area contributed by atoms with Gasteiger partial charge in [0.15, 0.2) is 0 Å². The van der Waals surface area contributed by atoms with Gasteiger partial charge in [-0.1, -0.05) is 0 Å². The van der Waals surface area contributed by atoms with Gasteiger partial charge in [0.1, 0.15) is 10.8 Å². The first kappa shape index (κ1) is 12.7. The minimum atomic E-state index is -0.219. The molecule has 0 aliphatic carbocycles. The molecule has 3 nitrogen and oxygen atoms in total. The molecule has 1 saturated heterocycles. The predicted molar refractivity (Wildman–Crippen MR) is 73.6 cm³/mol. The third-order valence-electron chi connectivity index (χ3n) is 3.14. The maximum Gasteiger partial charge on any atom is 0.123 e. The minimum Gasteiger partial charge on any atom is -0.380 e.